The van der Waals surface area contributed by atoms with Crippen molar-refractivity contribution in [1.29, 1.82) is 5.26 Å². The van der Waals surface area contributed by atoms with Crippen molar-refractivity contribution in [3.63, 3.8) is 0 Å². The third-order valence-corrected chi connectivity index (χ3v) is 1.81. The Balaban J connectivity index is 2.53. The number of hydrogen-bond donors (Lipinski definition) is 1. The van der Waals surface area contributed by atoms with Crippen LogP contribution in [0.25, 0.3) is 0 Å². The zero-order chi connectivity index (χ0) is 10.4. The lowest BCUT2D eigenvalue weighted by Gasteiger charge is -2.02. The van der Waals surface area contributed by atoms with Gasteiger partial charge in [0.1, 0.15) is 6.54 Å². The number of carbonyl (C=O) groups is 1. The fourth-order valence-corrected chi connectivity index (χ4v) is 1.21. The summed E-state index contributed by atoms with van der Waals surface area (Å²) in [6.07, 6.45) is 0.337. The Morgan fingerprint density at radius 3 is 3.00 bits per heavy atom. The number of nitriles is 1. The average Bonchev–Trinajstić information content (AvgIpc) is 2.15. The highest BCUT2D eigenvalue weighted by Crippen LogP contribution is 2.04. The minimum absolute atomic E-state index is 0.0741. The van der Waals surface area contributed by atoms with Gasteiger partial charge in [0.25, 0.3) is 0 Å². The molecule has 0 fully saturated rings. The second-order valence-electron chi connectivity index (χ2n) is 3.10. The van der Waals surface area contributed by atoms with E-state index in [2.05, 4.69) is 5.32 Å². The van der Waals surface area contributed by atoms with Crippen LogP contribution in [-0.2, 0) is 11.2 Å². The summed E-state index contributed by atoms with van der Waals surface area (Å²) in [4.78, 5) is 11.2. The number of nitrogens with one attached hydrogen (secondary N) is 1. The SMILES string of the molecule is Cc1cccc(CC(=O)NCC#N)c1. The molecule has 3 nitrogen and oxygen atoms in total. The molecule has 0 aliphatic heterocycles. The third-order valence-electron chi connectivity index (χ3n) is 1.81. The van der Waals surface area contributed by atoms with Crippen LogP contribution in [0.1, 0.15) is 11.1 Å². The van der Waals surface area contributed by atoms with Gasteiger partial charge in [-0.15, -0.1) is 0 Å². The minimum Gasteiger partial charge on any atom is -0.343 e. The van der Waals surface area contributed by atoms with Crippen LogP contribution >= 0.6 is 0 Å². The first-order valence-corrected chi connectivity index (χ1v) is 4.41. The van der Waals surface area contributed by atoms with Crippen LogP contribution in [0.3, 0.4) is 0 Å². The summed E-state index contributed by atoms with van der Waals surface area (Å²) in [6.45, 7) is 2.06. The lowest BCUT2D eigenvalue weighted by atomic mass is 10.1. The molecule has 0 aliphatic rings. The second-order valence-corrected chi connectivity index (χ2v) is 3.10. The van der Waals surface area contributed by atoms with E-state index >= 15 is 0 Å². The molecule has 1 aromatic carbocycles. The summed E-state index contributed by atoms with van der Waals surface area (Å²) in [6, 6.07) is 9.63. The summed E-state index contributed by atoms with van der Waals surface area (Å²) in [7, 11) is 0. The molecule has 0 saturated heterocycles. The van der Waals surface area contributed by atoms with Gasteiger partial charge in [-0.05, 0) is 12.5 Å². The van der Waals surface area contributed by atoms with E-state index in [-0.39, 0.29) is 12.5 Å². The normalized spacial score (nSPS) is 9.14. The van der Waals surface area contributed by atoms with E-state index in [1.54, 1.807) is 0 Å². The quantitative estimate of drug-likeness (QED) is 0.724. The number of aryl methyl sites for hydroxylation is 1. The summed E-state index contributed by atoms with van der Waals surface area (Å²) >= 11 is 0. The van der Waals surface area contributed by atoms with E-state index in [9.17, 15) is 4.79 Å². The van der Waals surface area contributed by atoms with Crippen molar-refractivity contribution in [2.45, 2.75) is 13.3 Å². The molecule has 0 heterocycles. The van der Waals surface area contributed by atoms with Crippen molar-refractivity contribution in [2.24, 2.45) is 0 Å². The fraction of sp³-hybridized carbons (Fsp3) is 0.273. The number of rotatable bonds is 3. The lowest BCUT2D eigenvalue weighted by molar-refractivity contribution is -0.120. The fourth-order valence-electron chi connectivity index (χ4n) is 1.21. The van der Waals surface area contributed by atoms with E-state index in [1.165, 1.54) is 0 Å². The molecule has 1 aromatic rings. The maximum atomic E-state index is 11.2. The number of benzene rings is 1. The van der Waals surface area contributed by atoms with Crippen LogP contribution in [0.5, 0.6) is 0 Å². The molecule has 0 unspecified atom stereocenters. The van der Waals surface area contributed by atoms with Crippen LogP contribution < -0.4 is 5.32 Å². The molecular formula is C11H12N2O. The van der Waals surface area contributed by atoms with Crippen LogP contribution in [0, 0.1) is 18.3 Å². The summed E-state index contributed by atoms with van der Waals surface area (Å²) < 4.78 is 0. The maximum Gasteiger partial charge on any atom is 0.225 e. The van der Waals surface area contributed by atoms with Gasteiger partial charge in [0, 0.05) is 0 Å². The van der Waals surface area contributed by atoms with Gasteiger partial charge in [-0.3, -0.25) is 4.79 Å². The van der Waals surface area contributed by atoms with Gasteiger partial charge in [-0.25, -0.2) is 0 Å². The van der Waals surface area contributed by atoms with E-state index in [0.717, 1.165) is 11.1 Å². The molecule has 0 aromatic heterocycles. The van der Waals surface area contributed by atoms with Gasteiger partial charge < -0.3 is 5.32 Å². The van der Waals surface area contributed by atoms with Gasteiger partial charge in [0.15, 0.2) is 0 Å². The maximum absolute atomic E-state index is 11.2. The largest absolute Gasteiger partial charge is 0.343 e. The first kappa shape index (κ1) is 10.3. The molecule has 0 spiro atoms. The Labute approximate surface area is 83.4 Å². The molecule has 0 radical (unpaired) electrons. The van der Waals surface area contributed by atoms with Crippen molar-refractivity contribution in [2.75, 3.05) is 6.54 Å². The highest BCUT2D eigenvalue weighted by Gasteiger charge is 2.01. The number of nitrogens with zero attached hydrogens (tertiary/aromatic N) is 1. The van der Waals surface area contributed by atoms with Gasteiger partial charge in [-0.2, -0.15) is 5.26 Å². The highest BCUT2D eigenvalue weighted by molar-refractivity contribution is 5.78. The predicted octanol–water partition coefficient (Wildman–Crippen LogP) is 1.18. The summed E-state index contributed by atoms with van der Waals surface area (Å²) in [5.41, 5.74) is 2.11. The van der Waals surface area contributed by atoms with Crippen LogP contribution in [-0.4, -0.2) is 12.5 Å². The molecule has 1 rings (SSSR count). The Kier molecular flexibility index (Phi) is 3.69. The van der Waals surface area contributed by atoms with Crippen LogP contribution in [0.4, 0.5) is 0 Å². The first-order chi connectivity index (χ1) is 6.72. The van der Waals surface area contributed by atoms with Gasteiger partial charge >= 0.3 is 0 Å². The standard InChI is InChI=1S/C11H12N2O/c1-9-3-2-4-10(7-9)8-11(14)13-6-5-12/h2-4,7H,6,8H2,1H3,(H,13,14). The molecule has 0 bridgehead atoms. The van der Waals surface area contributed by atoms with E-state index < -0.39 is 0 Å². The van der Waals surface area contributed by atoms with Crippen molar-refractivity contribution in [1.82, 2.24) is 5.32 Å². The molecule has 0 saturated carbocycles. The summed E-state index contributed by atoms with van der Waals surface area (Å²) in [5, 5.41) is 10.8. The molecule has 0 atom stereocenters. The van der Waals surface area contributed by atoms with Gasteiger partial charge in [0.2, 0.25) is 5.91 Å². The van der Waals surface area contributed by atoms with Crippen LogP contribution in [0.2, 0.25) is 0 Å². The van der Waals surface area contributed by atoms with Gasteiger partial charge in [0.05, 0.1) is 12.5 Å². The molecular weight excluding hydrogens is 176 g/mol. The molecule has 72 valence electrons. The molecule has 1 amide bonds. The van der Waals surface area contributed by atoms with E-state index in [0.29, 0.717) is 6.42 Å². The summed E-state index contributed by atoms with van der Waals surface area (Å²) in [5.74, 6) is -0.114. The second kappa shape index (κ2) is 5.03. The first-order valence-electron chi connectivity index (χ1n) is 4.41. The average molecular weight is 188 g/mol. The topological polar surface area (TPSA) is 52.9 Å². The van der Waals surface area contributed by atoms with Crippen molar-refractivity contribution >= 4 is 5.91 Å². The van der Waals surface area contributed by atoms with Gasteiger partial charge in [-0.1, -0.05) is 29.8 Å². The Hall–Kier alpha value is -1.82. The molecule has 1 N–H and O–H groups in total. The highest BCUT2D eigenvalue weighted by atomic mass is 16.1. The number of carbonyl (C=O) groups excluding carboxylic acids is 1. The van der Waals surface area contributed by atoms with E-state index in [1.807, 2.05) is 37.3 Å². The van der Waals surface area contributed by atoms with Crippen molar-refractivity contribution < 1.29 is 4.79 Å². The number of hydrogen-bond acceptors (Lipinski definition) is 2. The Bertz CT molecular complexity index is 366. The zero-order valence-corrected chi connectivity index (χ0v) is 8.08. The molecule has 3 heteroatoms. The van der Waals surface area contributed by atoms with E-state index in [4.69, 9.17) is 5.26 Å². The lowest BCUT2D eigenvalue weighted by Crippen LogP contribution is -2.25. The predicted molar refractivity (Wildman–Crippen MR) is 53.5 cm³/mol. The Morgan fingerprint density at radius 2 is 2.36 bits per heavy atom. The third kappa shape index (κ3) is 3.28. The number of amides is 1. The minimum atomic E-state index is -0.114. The van der Waals surface area contributed by atoms with Crippen molar-refractivity contribution in [3.05, 3.63) is 35.4 Å². The molecule has 14 heavy (non-hydrogen) atoms. The van der Waals surface area contributed by atoms with Crippen molar-refractivity contribution in [3.8, 4) is 6.07 Å². The smallest absolute Gasteiger partial charge is 0.225 e. The Morgan fingerprint density at radius 1 is 1.57 bits per heavy atom. The van der Waals surface area contributed by atoms with Crippen LogP contribution in [0.15, 0.2) is 24.3 Å². The zero-order valence-electron chi connectivity index (χ0n) is 8.08. The molecule has 0 aliphatic carbocycles. The monoisotopic (exact) mass is 188 g/mol.